The molecule has 0 unspecified atom stereocenters. The number of anilines is 1. The largest absolute Gasteiger partial charge is 0.370 e. The summed E-state index contributed by atoms with van der Waals surface area (Å²) in [6.45, 7) is 2.80. The third kappa shape index (κ3) is 2.68. The molecule has 1 heterocycles. The van der Waals surface area contributed by atoms with Crippen molar-refractivity contribution in [1.29, 1.82) is 0 Å². The van der Waals surface area contributed by atoms with Crippen molar-refractivity contribution in [2.45, 2.75) is 6.92 Å². The van der Waals surface area contributed by atoms with E-state index in [2.05, 4.69) is 15.3 Å². The van der Waals surface area contributed by atoms with E-state index in [0.717, 1.165) is 12.4 Å². The number of aromatic nitrogens is 2. The molecule has 2 rings (SSSR count). The predicted molar refractivity (Wildman–Crippen MR) is 71.7 cm³/mol. The Kier molecular flexibility index (Phi) is 3.82. The summed E-state index contributed by atoms with van der Waals surface area (Å²) in [7, 11) is 0. The highest BCUT2D eigenvalue weighted by molar-refractivity contribution is 6.38. The van der Waals surface area contributed by atoms with Crippen LogP contribution in [0.3, 0.4) is 0 Å². The lowest BCUT2D eigenvalue weighted by atomic mass is 10.2. The molecule has 0 amide bonds. The first-order chi connectivity index (χ1) is 8.22. The fraction of sp³-hybridized carbons (Fsp3) is 0.167. The van der Waals surface area contributed by atoms with E-state index < -0.39 is 0 Å². The molecule has 1 N–H and O–H groups in total. The van der Waals surface area contributed by atoms with Gasteiger partial charge in [0.05, 0.1) is 15.6 Å². The lowest BCUT2D eigenvalue weighted by molar-refractivity contribution is 1.12. The minimum Gasteiger partial charge on any atom is -0.370 e. The van der Waals surface area contributed by atoms with Crippen molar-refractivity contribution in [2.75, 3.05) is 11.9 Å². The second-order valence-corrected chi connectivity index (χ2v) is 4.21. The van der Waals surface area contributed by atoms with E-state index >= 15 is 0 Å². The Morgan fingerprint density at radius 2 is 1.88 bits per heavy atom. The van der Waals surface area contributed by atoms with Crippen LogP contribution in [0, 0.1) is 0 Å². The third-order valence-corrected chi connectivity index (χ3v) is 2.83. The van der Waals surface area contributed by atoms with Crippen molar-refractivity contribution in [3.63, 3.8) is 0 Å². The molecule has 88 valence electrons. The monoisotopic (exact) mass is 267 g/mol. The molecule has 0 aliphatic rings. The summed E-state index contributed by atoms with van der Waals surface area (Å²) in [5.74, 6) is 1.28. The molecule has 0 aliphatic carbocycles. The summed E-state index contributed by atoms with van der Waals surface area (Å²) >= 11 is 12.2. The summed E-state index contributed by atoms with van der Waals surface area (Å²) in [6.07, 6.45) is 1.68. The number of nitrogens with one attached hydrogen (secondary N) is 1. The van der Waals surface area contributed by atoms with Crippen LogP contribution < -0.4 is 5.32 Å². The summed E-state index contributed by atoms with van der Waals surface area (Å²) in [5, 5.41) is 4.21. The van der Waals surface area contributed by atoms with Gasteiger partial charge in [-0.2, -0.15) is 0 Å². The predicted octanol–water partition coefficient (Wildman–Crippen LogP) is 3.88. The van der Waals surface area contributed by atoms with Gasteiger partial charge in [0.2, 0.25) is 0 Å². The molecule has 0 spiro atoms. The van der Waals surface area contributed by atoms with Gasteiger partial charge in [-0.15, -0.1) is 0 Å². The Morgan fingerprint density at radius 1 is 1.18 bits per heavy atom. The standard InChI is InChI=1S/C12H11Cl2N3/c1-2-15-10-6-7-16-12(17-10)11-8(13)4-3-5-9(11)14/h3-7H,2H2,1H3,(H,15,16,17). The third-order valence-electron chi connectivity index (χ3n) is 2.20. The zero-order chi connectivity index (χ0) is 12.3. The maximum absolute atomic E-state index is 6.11. The Morgan fingerprint density at radius 3 is 2.53 bits per heavy atom. The molecule has 0 saturated heterocycles. The zero-order valence-electron chi connectivity index (χ0n) is 9.24. The van der Waals surface area contributed by atoms with Crippen LogP contribution in [0.15, 0.2) is 30.5 Å². The van der Waals surface area contributed by atoms with Crippen LogP contribution >= 0.6 is 23.2 Å². The van der Waals surface area contributed by atoms with Crippen molar-refractivity contribution < 1.29 is 0 Å². The molecule has 1 aromatic heterocycles. The molecule has 0 radical (unpaired) electrons. The quantitative estimate of drug-likeness (QED) is 0.917. The maximum atomic E-state index is 6.11. The van der Waals surface area contributed by atoms with Crippen molar-refractivity contribution >= 4 is 29.0 Å². The van der Waals surface area contributed by atoms with Gasteiger partial charge in [-0.25, -0.2) is 9.97 Å². The van der Waals surface area contributed by atoms with E-state index in [1.54, 1.807) is 30.5 Å². The van der Waals surface area contributed by atoms with Crippen molar-refractivity contribution in [1.82, 2.24) is 9.97 Å². The van der Waals surface area contributed by atoms with Crippen LogP contribution in [-0.2, 0) is 0 Å². The van der Waals surface area contributed by atoms with Crippen LogP contribution in [0.2, 0.25) is 10.0 Å². The van der Waals surface area contributed by atoms with Gasteiger partial charge >= 0.3 is 0 Å². The number of rotatable bonds is 3. The summed E-state index contributed by atoms with van der Waals surface area (Å²) in [6, 6.07) is 7.14. The highest BCUT2D eigenvalue weighted by Crippen LogP contribution is 2.32. The highest BCUT2D eigenvalue weighted by atomic mass is 35.5. The molecular weight excluding hydrogens is 257 g/mol. The van der Waals surface area contributed by atoms with Gasteiger partial charge in [-0.05, 0) is 25.1 Å². The topological polar surface area (TPSA) is 37.8 Å². The molecule has 2 aromatic rings. The molecule has 0 saturated carbocycles. The molecule has 1 aromatic carbocycles. The zero-order valence-corrected chi connectivity index (χ0v) is 10.8. The second kappa shape index (κ2) is 5.34. The summed E-state index contributed by atoms with van der Waals surface area (Å²) < 4.78 is 0. The Labute approximate surface area is 110 Å². The van der Waals surface area contributed by atoms with Crippen molar-refractivity contribution in [3.05, 3.63) is 40.5 Å². The fourth-order valence-electron chi connectivity index (χ4n) is 1.47. The average molecular weight is 268 g/mol. The molecule has 17 heavy (non-hydrogen) atoms. The van der Waals surface area contributed by atoms with Crippen LogP contribution in [-0.4, -0.2) is 16.5 Å². The summed E-state index contributed by atoms with van der Waals surface area (Å²) in [4.78, 5) is 8.56. The fourth-order valence-corrected chi connectivity index (χ4v) is 2.04. The molecule has 0 aliphatic heterocycles. The van der Waals surface area contributed by atoms with Crippen molar-refractivity contribution in [3.8, 4) is 11.4 Å². The van der Waals surface area contributed by atoms with E-state index in [1.807, 2.05) is 6.92 Å². The Balaban J connectivity index is 2.49. The number of hydrogen-bond donors (Lipinski definition) is 1. The van der Waals surface area contributed by atoms with Crippen LogP contribution in [0.25, 0.3) is 11.4 Å². The first kappa shape index (κ1) is 12.1. The van der Waals surface area contributed by atoms with E-state index in [-0.39, 0.29) is 0 Å². The SMILES string of the molecule is CCNc1ccnc(-c2c(Cl)cccc2Cl)n1. The highest BCUT2D eigenvalue weighted by Gasteiger charge is 2.11. The second-order valence-electron chi connectivity index (χ2n) is 3.39. The first-order valence-electron chi connectivity index (χ1n) is 5.23. The van der Waals surface area contributed by atoms with Gasteiger partial charge < -0.3 is 5.32 Å². The normalized spacial score (nSPS) is 10.3. The first-order valence-corrected chi connectivity index (χ1v) is 5.99. The van der Waals surface area contributed by atoms with Crippen LogP contribution in [0.1, 0.15) is 6.92 Å². The maximum Gasteiger partial charge on any atom is 0.164 e. The van der Waals surface area contributed by atoms with Gasteiger partial charge in [-0.1, -0.05) is 29.3 Å². The van der Waals surface area contributed by atoms with Gasteiger partial charge in [0, 0.05) is 12.7 Å². The van der Waals surface area contributed by atoms with Gasteiger partial charge in [0.1, 0.15) is 5.82 Å². The van der Waals surface area contributed by atoms with Crippen LogP contribution in [0.4, 0.5) is 5.82 Å². The van der Waals surface area contributed by atoms with Gasteiger partial charge in [-0.3, -0.25) is 0 Å². The number of halogens is 2. The molecule has 0 fully saturated rings. The number of nitrogens with zero attached hydrogens (tertiary/aromatic N) is 2. The average Bonchev–Trinajstić information content (AvgIpc) is 2.30. The Hall–Kier alpha value is -1.32. The van der Waals surface area contributed by atoms with Gasteiger partial charge in [0.25, 0.3) is 0 Å². The molecule has 3 nitrogen and oxygen atoms in total. The minimum atomic E-state index is 0.527. The molecular formula is C12H11Cl2N3. The molecule has 0 atom stereocenters. The van der Waals surface area contributed by atoms with Crippen LogP contribution in [0.5, 0.6) is 0 Å². The van der Waals surface area contributed by atoms with E-state index in [9.17, 15) is 0 Å². The number of hydrogen-bond acceptors (Lipinski definition) is 3. The molecule has 0 bridgehead atoms. The lowest BCUT2D eigenvalue weighted by Crippen LogP contribution is -2.01. The van der Waals surface area contributed by atoms with E-state index in [0.29, 0.717) is 21.4 Å². The minimum absolute atomic E-state index is 0.527. The van der Waals surface area contributed by atoms with Gasteiger partial charge in [0.15, 0.2) is 5.82 Å². The molecule has 5 heteroatoms. The lowest BCUT2D eigenvalue weighted by Gasteiger charge is -2.07. The van der Waals surface area contributed by atoms with E-state index in [1.165, 1.54) is 0 Å². The van der Waals surface area contributed by atoms with E-state index in [4.69, 9.17) is 23.2 Å². The smallest absolute Gasteiger partial charge is 0.164 e. The van der Waals surface area contributed by atoms with Crippen molar-refractivity contribution in [2.24, 2.45) is 0 Å². The Bertz CT molecular complexity index is 509. The summed E-state index contributed by atoms with van der Waals surface area (Å²) in [5.41, 5.74) is 0.663. The number of benzene rings is 1.